The van der Waals surface area contributed by atoms with Gasteiger partial charge < -0.3 is 19.9 Å². The normalized spacial score (nSPS) is 16.7. The highest BCUT2D eigenvalue weighted by Gasteiger charge is 2.27. The summed E-state index contributed by atoms with van der Waals surface area (Å²) in [6, 6.07) is 12.5. The van der Waals surface area contributed by atoms with E-state index in [2.05, 4.69) is 5.32 Å². The van der Waals surface area contributed by atoms with Crippen molar-refractivity contribution in [1.29, 1.82) is 0 Å². The number of hydrogen-bond acceptors (Lipinski definition) is 3. The summed E-state index contributed by atoms with van der Waals surface area (Å²) < 4.78 is 1.63. The number of carbonyl (C=O) groups is 2. The van der Waals surface area contributed by atoms with Crippen molar-refractivity contribution in [3.05, 3.63) is 70.1 Å². The molecule has 2 amide bonds. The van der Waals surface area contributed by atoms with Crippen LogP contribution in [-0.4, -0.2) is 39.7 Å². The quantitative estimate of drug-likeness (QED) is 0.842. The number of benzene rings is 1. The Morgan fingerprint density at radius 1 is 1.11 bits per heavy atom. The van der Waals surface area contributed by atoms with Crippen LogP contribution in [0.4, 0.5) is 4.79 Å². The van der Waals surface area contributed by atoms with Crippen LogP contribution in [0.15, 0.2) is 53.5 Å². The molecule has 1 aromatic heterocycles. The number of piperidine rings is 1. The lowest BCUT2D eigenvalue weighted by molar-refractivity contribution is -0.143. The van der Waals surface area contributed by atoms with Crippen LogP contribution < -0.4 is 10.9 Å². The molecule has 142 valence electrons. The molecular formula is C20H23N3O4. The van der Waals surface area contributed by atoms with Gasteiger partial charge in [-0.1, -0.05) is 30.3 Å². The maximum absolute atomic E-state index is 12.3. The zero-order chi connectivity index (χ0) is 19.2. The second kappa shape index (κ2) is 8.53. The van der Waals surface area contributed by atoms with E-state index < -0.39 is 11.9 Å². The summed E-state index contributed by atoms with van der Waals surface area (Å²) in [5.41, 5.74) is 1.90. The number of nitrogens with one attached hydrogen (secondary N) is 1. The highest BCUT2D eigenvalue weighted by Crippen LogP contribution is 2.16. The molecule has 2 aromatic rings. The lowest BCUT2D eigenvalue weighted by Crippen LogP contribution is -2.46. The van der Waals surface area contributed by atoms with Gasteiger partial charge in [0.15, 0.2) is 0 Å². The molecule has 0 saturated carbocycles. The van der Waals surface area contributed by atoms with Gasteiger partial charge in [-0.25, -0.2) is 4.79 Å². The molecule has 2 N–H and O–H groups in total. The maximum Gasteiger partial charge on any atom is 0.317 e. The number of nitrogens with zero attached hydrogens (tertiary/aromatic N) is 2. The molecule has 1 aliphatic heterocycles. The third-order valence-electron chi connectivity index (χ3n) is 4.78. The second-order valence-electron chi connectivity index (χ2n) is 6.77. The first-order valence-electron chi connectivity index (χ1n) is 9.02. The first-order chi connectivity index (χ1) is 13.0. The van der Waals surface area contributed by atoms with E-state index in [0.717, 1.165) is 11.1 Å². The van der Waals surface area contributed by atoms with Gasteiger partial charge >= 0.3 is 12.0 Å². The first kappa shape index (κ1) is 18.7. The van der Waals surface area contributed by atoms with Gasteiger partial charge in [-0.05, 0) is 30.0 Å². The van der Waals surface area contributed by atoms with E-state index in [-0.39, 0.29) is 18.1 Å². The molecule has 0 spiro atoms. The molecule has 1 saturated heterocycles. The fourth-order valence-corrected chi connectivity index (χ4v) is 3.20. The number of urea groups is 1. The van der Waals surface area contributed by atoms with Crippen molar-refractivity contribution in [3.8, 4) is 0 Å². The van der Waals surface area contributed by atoms with Crippen molar-refractivity contribution in [1.82, 2.24) is 14.8 Å². The molecule has 1 aliphatic rings. The van der Waals surface area contributed by atoms with E-state index in [1.807, 2.05) is 30.3 Å². The van der Waals surface area contributed by atoms with Crippen LogP contribution in [-0.2, 0) is 17.9 Å². The Kier molecular flexibility index (Phi) is 5.90. The fourth-order valence-electron chi connectivity index (χ4n) is 3.20. The minimum atomic E-state index is -0.847. The van der Waals surface area contributed by atoms with E-state index in [9.17, 15) is 14.4 Å². The standard InChI is InChI=1S/C20H23N3O4/c24-18-5-1-2-10-22(18)13-16-8-6-15(7-9-16)12-21-20(27)23-11-3-4-17(14-23)19(25)26/h1-2,5-10,17H,3-4,11-14H2,(H,21,27)(H,25,26). The van der Waals surface area contributed by atoms with Gasteiger partial charge in [0.25, 0.3) is 5.56 Å². The van der Waals surface area contributed by atoms with Crippen molar-refractivity contribution < 1.29 is 14.7 Å². The number of carboxylic acid groups (broad SMARTS) is 1. The minimum Gasteiger partial charge on any atom is -0.481 e. The van der Waals surface area contributed by atoms with E-state index in [4.69, 9.17) is 5.11 Å². The third kappa shape index (κ3) is 4.97. The largest absolute Gasteiger partial charge is 0.481 e. The number of pyridine rings is 1. The number of rotatable bonds is 5. The molecule has 7 heteroatoms. The van der Waals surface area contributed by atoms with Gasteiger partial charge in [-0.3, -0.25) is 9.59 Å². The highest BCUT2D eigenvalue weighted by atomic mass is 16.4. The number of amides is 2. The Hall–Kier alpha value is -3.09. The van der Waals surface area contributed by atoms with Gasteiger partial charge in [0, 0.05) is 31.9 Å². The van der Waals surface area contributed by atoms with Gasteiger partial charge in [0.1, 0.15) is 0 Å². The first-order valence-corrected chi connectivity index (χ1v) is 9.02. The molecule has 0 radical (unpaired) electrons. The zero-order valence-electron chi connectivity index (χ0n) is 15.0. The topological polar surface area (TPSA) is 91.6 Å². The maximum atomic E-state index is 12.3. The summed E-state index contributed by atoms with van der Waals surface area (Å²) in [4.78, 5) is 36.7. The van der Waals surface area contributed by atoms with E-state index in [1.165, 1.54) is 6.07 Å². The third-order valence-corrected chi connectivity index (χ3v) is 4.78. The summed E-state index contributed by atoms with van der Waals surface area (Å²) >= 11 is 0. The summed E-state index contributed by atoms with van der Waals surface area (Å²) in [6.45, 7) is 1.71. The molecule has 27 heavy (non-hydrogen) atoms. The van der Waals surface area contributed by atoms with Crippen LogP contribution in [0.5, 0.6) is 0 Å². The Morgan fingerprint density at radius 3 is 2.56 bits per heavy atom. The Morgan fingerprint density at radius 2 is 1.85 bits per heavy atom. The van der Waals surface area contributed by atoms with Crippen LogP contribution >= 0.6 is 0 Å². The molecule has 7 nitrogen and oxygen atoms in total. The van der Waals surface area contributed by atoms with E-state index >= 15 is 0 Å². The lowest BCUT2D eigenvalue weighted by atomic mass is 9.99. The van der Waals surface area contributed by atoms with Crippen LogP contribution in [0, 0.1) is 5.92 Å². The Balaban J connectivity index is 1.52. The van der Waals surface area contributed by atoms with Crippen LogP contribution in [0.3, 0.4) is 0 Å². The zero-order valence-corrected chi connectivity index (χ0v) is 15.0. The van der Waals surface area contributed by atoms with Crippen molar-refractivity contribution in [2.45, 2.75) is 25.9 Å². The van der Waals surface area contributed by atoms with Crippen molar-refractivity contribution >= 4 is 12.0 Å². The molecule has 1 fully saturated rings. The van der Waals surface area contributed by atoms with Gasteiger partial charge in [0.05, 0.1) is 12.5 Å². The highest BCUT2D eigenvalue weighted by molar-refractivity contribution is 5.76. The van der Waals surface area contributed by atoms with Crippen LogP contribution in [0.25, 0.3) is 0 Å². The fraction of sp³-hybridized carbons (Fsp3) is 0.350. The monoisotopic (exact) mass is 369 g/mol. The number of hydrogen-bond donors (Lipinski definition) is 2. The summed E-state index contributed by atoms with van der Waals surface area (Å²) in [5, 5.41) is 12.0. The molecule has 0 bridgehead atoms. The average molecular weight is 369 g/mol. The molecular weight excluding hydrogens is 346 g/mol. The number of aliphatic carboxylic acids is 1. The summed E-state index contributed by atoms with van der Waals surface area (Å²) in [5.74, 6) is -1.33. The molecule has 1 unspecified atom stereocenters. The predicted molar refractivity (Wildman–Crippen MR) is 100 cm³/mol. The minimum absolute atomic E-state index is 0.0463. The smallest absolute Gasteiger partial charge is 0.317 e. The van der Waals surface area contributed by atoms with Crippen molar-refractivity contribution in [2.24, 2.45) is 5.92 Å². The van der Waals surface area contributed by atoms with E-state index in [0.29, 0.717) is 32.5 Å². The SMILES string of the molecule is O=C(O)C1CCCN(C(=O)NCc2ccc(Cn3ccccc3=O)cc2)C1. The molecule has 0 aliphatic carbocycles. The average Bonchev–Trinajstić information content (AvgIpc) is 2.69. The predicted octanol–water partition coefficient (Wildman–Crippen LogP) is 1.90. The Bertz CT molecular complexity index is 860. The van der Waals surface area contributed by atoms with E-state index in [1.54, 1.807) is 21.7 Å². The van der Waals surface area contributed by atoms with Crippen LogP contribution in [0.1, 0.15) is 24.0 Å². The van der Waals surface area contributed by atoms with Gasteiger partial charge in [-0.2, -0.15) is 0 Å². The van der Waals surface area contributed by atoms with Crippen molar-refractivity contribution in [2.75, 3.05) is 13.1 Å². The summed E-state index contributed by atoms with van der Waals surface area (Å²) in [6.07, 6.45) is 3.07. The molecule has 3 rings (SSSR count). The number of carbonyl (C=O) groups excluding carboxylic acids is 1. The Labute approximate surface area is 157 Å². The number of likely N-dealkylation sites (tertiary alicyclic amines) is 1. The number of aromatic nitrogens is 1. The molecule has 1 aromatic carbocycles. The second-order valence-corrected chi connectivity index (χ2v) is 6.77. The van der Waals surface area contributed by atoms with Crippen molar-refractivity contribution in [3.63, 3.8) is 0 Å². The van der Waals surface area contributed by atoms with Crippen LogP contribution in [0.2, 0.25) is 0 Å². The van der Waals surface area contributed by atoms with Gasteiger partial charge in [-0.15, -0.1) is 0 Å². The molecule has 2 heterocycles. The summed E-state index contributed by atoms with van der Waals surface area (Å²) in [7, 11) is 0. The number of carboxylic acids is 1. The molecule has 1 atom stereocenters. The lowest BCUT2D eigenvalue weighted by Gasteiger charge is -2.30. The van der Waals surface area contributed by atoms with Gasteiger partial charge in [0.2, 0.25) is 0 Å².